The highest BCUT2D eigenvalue weighted by Gasteiger charge is 2.60. The highest BCUT2D eigenvalue weighted by Crippen LogP contribution is 2.52. The summed E-state index contributed by atoms with van der Waals surface area (Å²) in [5.74, 6) is -2.06. The van der Waals surface area contributed by atoms with Gasteiger partial charge in [0.25, 0.3) is 0 Å². The Morgan fingerprint density at radius 2 is 1.74 bits per heavy atom. The van der Waals surface area contributed by atoms with Crippen molar-refractivity contribution in [2.24, 2.45) is 23.7 Å². The molecule has 224 valence electrons. The van der Waals surface area contributed by atoms with Crippen LogP contribution < -0.4 is 10.6 Å². The summed E-state index contributed by atoms with van der Waals surface area (Å²) in [6.07, 6.45) is 0.0972. The second-order valence-electron chi connectivity index (χ2n) is 11.3. The molecule has 0 aromatic heterocycles. The van der Waals surface area contributed by atoms with Crippen LogP contribution in [0.25, 0.3) is 0 Å². The summed E-state index contributed by atoms with van der Waals surface area (Å²) in [7, 11) is 0. The molecule has 0 aliphatic carbocycles. The summed E-state index contributed by atoms with van der Waals surface area (Å²) in [4.78, 5) is 28.8. The van der Waals surface area contributed by atoms with Crippen molar-refractivity contribution >= 4 is 36.0 Å². The van der Waals surface area contributed by atoms with Crippen molar-refractivity contribution < 1.29 is 33.7 Å². The number of likely N-dealkylation sites (tertiary alicyclic amines) is 1. The van der Waals surface area contributed by atoms with E-state index in [4.69, 9.17) is 5.11 Å². The SMILES string of the molecule is C[C@@H](O)[C@H]1C(=O)N2C(C(=O)O)=C(S[C@@H]3CCN(CC4CCNCC4F)C3)[C@H](C)[C@H]12.Cl.OCC1CCNCC1F. The van der Waals surface area contributed by atoms with Crippen molar-refractivity contribution in [2.45, 2.75) is 62.8 Å². The van der Waals surface area contributed by atoms with Crippen molar-refractivity contribution in [1.82, 2.24) is 20.4 Å². The zero-order valence-corrected chi connectivity index (χ0v) is 24.2. The molecule has 0 spiro atoms. The lowest BCUT2D eigenvalue weighted by Crippen LogP contribution is -2.63. The molecule has 4 unspecified atom stereocenters. The number of carboxylic acid groups (broad SMARTS) is 1. The van der Waals surface area contributed by atoms with Gasteiger partial charge in [-0.1, -0.05) is 6.92 Å². The van der Waals surface area contributed by atoms with Gasteiger partial charge in [0.2, 0.25) is 5.91 Å². The van der Waals surface area contributed by atoms with E-state index in [-0.39, 0.29) is 59.7 Å². The molecule has 5 aliphatic rings. The molecule has 13 heteroatoms. The molecule has 4 saturated heterocycles. The molecule has 0 saturated carbocycles. The number of aliphatic carboxylic acids is 1. The summed E-state index contributed by atoms with van der Waals surface area (Å²) in [6, 6.07) is -0.268. The number of halogens is 3. The van der Waals surface area contributed by atoms with Crippen molar-refractivity contribution in [3.8, 4) is 0 Å². The van der Waals surface area contributed by atoms with Crippen molar-refractivity contribution in [3.05, 3.63) is 10.6 Å². The molecule has 5 N–H and O–H groups in total. The highest BCUT2D eigenvalue weighted by atomic mass is 35.5. The van der Waals surface area contributed by atoms with Gasteiger partial charge >= 0.3 is 5.97 Å². The highest BCUT2D eigenvalue weighted by molar-refractivity contribution is 8.03. The van der Waals surface area contributed by atoms with Gasteiger partial charge in [-0.3, -0.25) is 4.79 Å². The normalized spacial score (nSPS) is 37.4. The smallest absolute Gasteiger partial charge is 0.353 e. The second kappa shape index (κ2) is 14.2. The molecule has 5 aliphatic heterocycles. The number of β-lactam (4-membered cyclic amide) rings is 1. The molecule has 9 nitrogen and oxygen atoms in total. The molecule has 1 amide bonds. The zero-order valence-electron chi connectivity index (χ0n) is 22.6. The van der Waals surface area contributed by atoms with E-state index >= 15 is 0 Å². The minimum Gasteiger partial charge on any atom is -0.477 e. The Morgan fingerprint density at radius 3 is 2.26 bits per heavy atom. The predicted octanol–water partition coefficient (Wildman–Crippen LogP) is 1.24. The van der Waals surface area contributed by atoms with Crippen LogP contribution >= 0.6 is 24.2 Å². The van der Waals surface area contributed by atoms with E-state index in [0.29, 0.717) is 13.1 Å². The van der Waals surface area contributed by atoms with Gasteiger partial charge in [-0.15, -0.1) is 24.2 Å². The summed E-state index contributed by atoms with van der Waals surface area (Å²) >= 11 is 1.56. The number of piperidine rings is 2. The van der Waals surface area contributed by atoms with Crippen LogP contribution in [0.4, 0.5) is 8.78 Å². The van der Waals surface area contributed by atoms with Crippen molar-refractivity contribution in [1.29, 1.82) is 0 Å². The van der Waals surface area contributed by atoms with E-state index in [1.807, 2.05) is 6.92 Å². The Hall–Kier alpha value is -1.02. The van der Waals surface area contributed by atoms with Crippen LogP contribution in [0.15, 0.2) is 10.6 Å². The summed E-state index contributed by atoms with van der Waals surface area (Å²) in [5, 5.41) is 34.5. The number of amides is 1. The number of hydrogen-bond donors (Lipinski definition) is 5. The lowest BCUT2D eigenvalue weighted by atomic mass is 9.79. The lowest BCUT2D eigenvalue weighted by molar-refractivity contribution is -0.163. The number of aliphatic hydroxyl groups is 2. The maximum atomic E-state index is 14.1. The van der Waals surface area contributed by atoms with E-state index in [2.05, 4.69) is 15.5 Å². The molecule has 5 heterocycles. The van der Waals surface area contributed by atoms with Crippen LogP contribution in [0.3, 0.4) is 0 Å². The van der Waals surface area contributed by atoms with Gasteiger partial charge < -0.3 is 35.8 Å². The van der Waals surface area contributed by atoms with E-state index in [1.54, 1.807) is 18.7 Å². The van der Waals surface area contributed by atoms with Crippen LogP contribution in [-0.2, 0) is 9.59 Å². The quantitative estimate of drug-likeness (QED) is 0.276. The molecular weight excluding hydrogens is 554 g/mol. The van der Waals surface area contributed by atoms with Gasteiger partial charge in [0.15, 0.2) is 0 Å². The predicted molar refractivity (Wildman–Crippen MR) is 148 cm³/mol. The topological polar surface area (TPSA) is 125 Å². The van der Waals surface area contributed by atoms with Gasteiger partial charge in [0, 0.05) is 60.7 Å². The molecule has 0 bridgehead atoms. The number of alkyl halides is 2. The average Bonchev–Trinajstić information content (AvgIpc) is 3.41. The van der Waals surface area contributed by atoms with Crippen molar-refractivity contribution in [3.63, 3.8) is 0 Å². The fourth-order valence-electron chi connectivity index (χ4n) is 6.41. The van der Waals surface area contributed by atoms with Crippen molar-refractivity contribution in [2.75, 3.05) is 52.4 Å². The standard InChI is InChI=1S/C20H30FN3O4S.C6H12FNO.ClH/c1-10-16-15(11(2)25)19(26)24(16)17(20(27)28)18(10)29-13-4-6-23(9-13)8-12-3-5-22-7-14(12)21;7-6-3-8-2-1-5(6)4-9;/h10-16,22,25H,3-9H2,1-2H3,(H,27,28);5-6,8-9H,1-4H2;1H/t10-,11-,12?,13-,14?,15-,16-;;/m1../s1. The molecule has 39 heavy (non-hydrogen) atoms. The Balaban J connectivity index is 0.000000359. The number of carbonyl (C=O) groups excluding carboxylic acids is 1. The number of carbonyl (C=O) groups is 2. The minimum atomic E-state index is -1.08. The van der Waals surface area contributed by atoms with Crippen LogP contribution in [-0.4, -0.2) is 119 Å². The number of hydrogen-bond acceptors (Lipinski definition) is 8. The number of thioether (sulfide) groups is 1. The number of nitrogens with one attached hydrogen (secondary N) is 2. The Morgan fingerprint density at radius 1 is 1.13 bits per heavy atom. The van der Waals surface area contributed by atoms with Gasteiger partial charge in [0.05, 0.1) is 18.1 Å². The first-order valence-electron chi connectivity index (χ1n) is 13.8. The molecule has 0 radical (unpaired) electrons. The summed E-state index contributed by atoms with van der Waals surface area (Å²) in [5.41, 5.74) is 0.0926. The molecular formula is C26H43ClF2N4O5S. The molecule has 0 aromatic rings. The second-order valence-corrected chi connectivity index (χ2v) is 12.6. The van der Waals surface area contributed by atoms with Gasteiger partial charge in [-0.2, -0.15) is 0 Å². The van der Waals surface area contributed by atoms with Gasteiger partial charge in [-0.25, -0.2) is 13.6 Å². The fourth-order valence-corrected chi connectivity index (χ4v) is 7.93. The molecule has 9 atom stereocenters. The van der Waals surface area contributed by atoms with Crippen LogP contribution in [0.5, 0.6) is 0 Å². The van der Waals surface area contributed by atoms with E-state index in [0.717, 1.165) is 56.9 Å². The first-order chi connectivity index (χ1) is 18.1. The van der Waals surface area contributed by atoms with E-state index in [9.17, 15) is 28.6 Å². The average molecular weight is 597 g/mol. The number of aliphatic hydroxyl groups excluding tert-OH is 2. The molecule has 5 rings (SSSR count). The summed E-state index contributed by atoms with van der Waals surface area (Å²) < 4.78 is 26.8. The minimum absolute atomic E-state index is 0. The van der Waals surface area contributed by atoms with Crippen LogP contribution in [0.1, 0.15) is 33.1 Å². The lowest BCUT2D eigenvalue weighted by Gasteiger charge is -2.46. The first-order valence-corrected chi connectivity index (χ1v) is 14.7. The van der Waals surface area contributed by atoms with E-state index < -0.39 is 30.3 Å². The fraction of sp³-hybridized carbons (Fsp3) is 0.846. The maximum absolute atomic E-state index is 14.1. The Bertz CT molecular complexity index is 902. The summed E-state index contributed by atoms with van der Waals surface area (Å²) in [6.45, 7) is 8.51. The third-order valence-corrected chi connectivity index (χ3v) is 10.2. The third kappa shape index (κ3) is 7.07. The Labute approximate surface area is 239 Å². The number of rotatable bonds is 7. The third-order valence-electron chi connectivity index (χ3n) is 8.65. The largest absolute Gasteiger partial charge is 0.477 e. The number of fused-ring (bicyclic) bond motifs is 1. The van der Waals surface area contributed by atoms with Crippen LogP contribution in [0.2, 0.25) is 0 Å². The van der Waals surface area contributed by atoms with E-state index in [1.165, 1.54) is 4.90 Å². The van der Waals surface area contributed by atoms with Gasteiger partial charge in [0.1, 0.15) is 18.0 Å². The maximum Gasteiger partial charge on any atom is 0.353 e. The number of nitrogens with zero attached hydrogens (tertiary/aromatic N) is 2. The van der Waals surface area contributed by atoms with Gasteiger partial charge in [-0.05, 0) is 45.8 Å². The number of carboxylic acids is 1. The molecule has 0 aromatic carbocycles. The van der Waals surface area contributed by atoms with Crippen LogP contribution in [0, 0.1) is 23.7 Å². The monoisotopic (exact) mass is 596 g/mol. The first kappa shape index (κ1) is 32.5. The molecule has 4 fully saturated rings. The Kier molecular flexibility index (Phi) is 11.9. The zero-order chi connectivity index (χ0) is 27.6.